The van der Waals surface area contributed by atoms with Gasteiger partial charge in [0.15, 0.2) is 5.69 Å². The summed E-state index contributed by atoms with van der Waals surface area (Å²) in [6.45, 7) is 1.95. The van der Waals surface area contributed by atoms with Crippen molar-refractivity contribution in [2.75, 3.05) is 13.7 Å². The molecule has 1 aliphatic carbocycles. The summed E-state index contributed by atoms with van der Waals surface area (Å²) in [7, 11) is 1.78. The second-order valence-electron chi connectivity index (χ2n) is 6.96. The highest BCUT2D eigenvalue weighted by Crippen LogP contribution is 2.23. The van der Waals surface area contributed by atoms with Gasteiger partial charge in [0, 0.05) is 19.3 Å². The Morgan fingerprint density at radius 2 is 2.28 bits per heavy atom. The van der Waals surface area contributed by atoms with Gasteiger partial charge in [-0.25, -0.2) is 4.68 Å². The number of aromatic nitrogens is 5. The second kappa shape index (κ2) is 6.95. The molecule has 134 valence electrons. The molecule has 0 bridgehead atoms. The Hall–Kier alpha value is -2.22. The Bertz CT molecular complexity index is 746. The summed E-state index contributed by atoms with van der Waals surface area (Å²) in [5, 5.41) is 15.6. The van der Waals surface area contributed by atoms with Crippen molar-refractivity contribution in [3.05, 3.63) is 28.8 Å². The molecule has 1 aliphatic heterocycles. The van der Waals surface area contributed by atoms with Crippen LogP contribution >= 0.6 is 0 Å². The van der Waals surface area contributed by atoms with Crippen LogP contribution in [0.3, 0.4) is 0 Å². The predicted molar refractivity (Wildman–Crippen MR) is 90.0 cm³/mol. The summed E-state index contributed by atoms with van der Waals surface area (Å²) in [6.07, 6.45) is 8.50. The van der Waals surface area contributed by atoms with Crippen LogP contribution in [-0.4, -0.2) is 55.8 Å². The van der Waals surface area contributed by atoms with E-state index in [1.54, 1.807) is 22.8 Å². The minimum Gasteiger partial charge on any atom is -0.376 e. The minimum absolute atomic E-state index is 0.133. The fraction of sp³-hybridized carbons (Fsp3) is 0.647. The van der Waals surface area contributed by atoms with Crippen molar-refractivity contribution in [3.63, 3.8) is 0 Å². The van der Waals surface area contributed by atoms with E-state index in [9.17, 15) is 4.79 Å². The lowest BCUT2D eigenvalue weighted by atomic mass is 9.96. The zero-order valence-corrected chi connectivity index (χ0v) is 14.6. The number of aromatic amines is 1. The number of carbonyl (C=O) groups excluding carboxylic acids is 1. The molecule has 0 spiro atoms. The number of rotatable bonds is 5. The molecule has 25 heavy (non-hydrogen) atoms. The number of H-pyrrole nitrogens is 1. The maximum atomic E-state index is 12.6. The molecule has 1 fully saturated rings. The minimum atomic E-state index is -0.133. The Balaban J connectivity index is 1.40. The van der Waals surface area contributed by atoms with Gasteiger partial charge >= 0.3 is 0 Å². The zero-order valence-electron chi connectivity index (χ0n) is 14.6. The molecule has 1 atom stereocenters. The number of hydrogen-bond donors (Lipinski definition) is 1. The zero-order chi connectivity index (χ0) is 17.2. The summed E-state index contributed by atoms with van der Waals surface area (Å²) in [5.74, 6) is -0.133. The van der Waals surface area contributed by atoms with Gasteiger partial charge in [-0.3, -0.25) is 9.89 Å². The maximum Gasteiger partial charge on any atom is 0.276 e. The molecule has 2 aliphatic rings. The average molecular weight is 344 g/mol. The molecule has 2 aromatic heterocycles. The molecular formula is C17H24N6O2. The smallest absolute Gasteiger partial charge is 0.276 e. The Labute approximate surface area is 146 Å². The lowest BCUT2D eigenvalue weighted by Gasteiger charge is -2.16. The number of nitrogens with one attached hydrogen (secondary N) is 1. The predicted octanol–water partition coefficient (Wildman–Crippen LogP) is 1.33. The second-order valence-corrected chi connectivity index (χ2v) is 6.96. The monoisotopic (exact) mass is 344 g/mol. The highest BCUT2D eigenvalue weighted by atomic mass is 16.5. The van der Waals surface area contributed by atoms with Gasteiger partial charge in [0.1, 0.15) is 0 Å². The van der Waals surface area contributed by atoms with Crippen LogP contribution in [0, 0.1) is 0 Å². The van der Waals surface area contributed by atoms with Crippen molar-refractivity contribution in [2.45, 2.75) is 57.7 Å². The molecule has 1 amide bonds. The molecule has 8 nitrogen and oxygen atoms in total. The van der Waals surface area contributed by atoms with E-state index in [1.807, 2.05) is 0 Å². The summed E-state index contributed by atoms with van der Waals surface area (Å²) in [6, 6.07) is 0. The summed E-state index contributed by atoms with van der Waals surface area (Å²) in [4.78, 5) is 14.3. The van der Waals surface area contributed by atoms with Crippen molar-refractivity contribution in [1.29, 1.82) is 0 Å². The third-order valence-corrected chi connectivity index (χ3v) is 5.05. The molecule has 1 saturated heterocycles. The molecule has 4 rings (SSSR count). The van der Waals surface area contributed by atoms with E-state index in [0.29, 0.717) is 18.8 Å². The largest absolute Gasteiger partial charge is 0.376 e. The number of amides is 1. The number of nitrogens with zero attached hydrogens (tertiary/aromatic N) is 5. The molecule has 2 aromatic rings. The highest BCUT2D eigenvalue weighted by Gasteiger charge is 2.22. The molecular weight excluding hydrogens is 320 g/mol. The van der Waals surface area contributed by atoms with Gasteiger partial charge in [-0.2, -0.15) is 5.10 Å². The quantitative estimate of drug-likeness (QED) is 0.884. The Kier molecular flexibility index (Phi) is 4.52. The van der Waals surface area contributed by atoms with E-state index >= 15 is 0 Å². The first-order valence-electron chi connectivity index (χ1n) is 9.03. The van der Waals surface area contributed by atoms with Crippen molar-refractivity contribution in [3.8, 4) is 0 Å². The Morgan fingerprint density at radius 3 is 3.12 bits per heavy atom. The van der Waals surface area contributed by atoms with Crippen LogP contribution in [0.2, 0.25) is 0 Å². The van der Waals surface area contributed by atoms with Gasteiger partial charge in [0.25, 0.3) is 5.91 Å². The van der Waals surface area contributed by atoms with Gasteiger partial charge in [-0.05, 0) is 44.1 Å². The molecule has 8 heteroatoms. The van der Waals surface area contributed by atoms with Gasteiger partial charge in [0.05, 0.1) is 31.1 Å². The average Bonchev–Trinajstić information content (AvgIpc) is 3.36. The lowest BCUT2D eigenvalue weighted by molar-refractivity contribution is 0.0776. The van der Waals surface area contributed by atoms with Crippen LogP contribution in [0.25, 0.3) is 0 Å². The third kappa shape index (κ3) is 3.44. The number of carbonyl (C=O) groups is 1. The topological polar surface area (TPSA) is 88.9 Å². The van der Waals surface area contributed by atoms with Crippen LogP contribution in [0.4, 0.5) is 0 Å². The van der Waals surface area contributed by atoms with E-state index in [1.165, 1.54) is 24.1 Å². The maximum absolute atomic E-state index is 12.6. The van der Waals surface area contributed by atoms with Crippen LogP contribution in [0.5, 0.6) is 0 Å². The first kappa shape index (κ1) is 16.3. The number of fused-ring (bicyclic) bond motifs is 1. The summed E-state index contributed by atoms with van der Waals surface area (Å²) >= 11 is 0. The van der Waals surface area contributed by atoms with E-state index in [4.69, 9.17) is 4.74 Å². The molecule has 3 heterocycles. The third-order valence-electron chi connectivity index (χ3n) is 5.05. The summed E-state index contributed by atoms with van der Waals surface area (Å²) in [5.41, 5.74) is 3.85. The molecule has 1 N–H and O–H groups in total. The van der Waals surface area contributed by atoms with Gasteiger partial charge in [0.2, 0.25) is 0 Å². The molecule has 0 radical (unpaired) electrons. The van der Waals surface area contributed by atoms with E-state index in [-0.39, 0.29) is 12.0 Å². The molecule has 1 unspecified atom stereocenters. The van der Waals surface area contributed by atoms with Crippen molar-refractivity contribution in [2.24, 2.45) is 0 Å². The number of ether oxygens (including phenoxy) is 1. The fourth-order valence-electron chi connectivity index (χ4n) is 3.65. The van der Waals surface area contributed by atoms with Crippen LogP contribution < -0.4 is 0 Å². The van der Waals surface area contributed by atoms with Crippen LogP contribution in [0.1, 0.15) is 53.1 Å². The van der Waals surface area contributed by atoms with E-state index in [2.05, 4.69) is 20.5 Å². The van der Waals surface area contributed by atoms with Crippen molar-refractivity contribution in [1.82, 2.24) is 30.1 Å². The van der Waals surface area contributed by atoms with E-state index < -0.39 is 0 Å². The first-order valence-corrected chi connectivity index (χ1v) is 9.03. The van der Waals surface area contributed by atoms with Crippen molar-refractivity contribution >= 4 is 5.91 Å². The van der Waals surface area contributed by atoms with Gasteiger partial charge in [-0.1, -0.05) is 5.21 Å². The normalized spacial score (nSPS) is 19.8. The number of hydrogen-bond acceptors (Lipinski definition) is 5. The standard InChI is InChI=1S/C17H24N6O2/c1-22(10-15-13-6-2-3-7-14(13)18-19-15)17(24)16-11-23(21-20-16)9-12-5-4-8-25-12/h11-12H,2-10H2,1H3,(H,18,19). The first-order chi connectivity index (χ1) is 12.2. The van der Waals surface area contributed by atoms with Crippen molar-refractivity contribution < 1.29 is 9.53 Å². The van der Waals surface area contributed by atoms with Gasteiger partial charge in [-0.15, -0.1) is 5.10 Å². The van der Waals surface area contributed by atoms with E-state index in [0.717, 1.165) is 38.0 Å². The SMILES string of the molecule is CN(Cc1n[nH]c2c1CCCC2)C(=O)c1cn(CC2CCCO2)nn1. The highest BCUT2D eigenvalue weighted by molar-refractivity contribution is 5.91. The lowest BCUT2D eigenvalue weighted by Crippen LogP contribution is -2.27. The molecule has 0 aromatic carbocycles. The molecule has 0 saturated carbocycles. The summed E-state index contributed by atoms with van der Waals surface area (Å²) < 4.78 is 7.30. The fourth-order valence-corrected chi connectivity index (χ4v) is 3.65. The Morgan fingerprint density at radius 1 is 1.40 bits per heavy atom. The van der Waals surface area contributed by atoms with Gasteiger partial charge < -0.3 is 9.64 Å². The number of aryl methyl sites for hydroxylation is 1. The van der Waals surface area contributed by atoms with Crippen LogP contribution in [0.15, 0.2) is 6.20 Å². The van der Waals surface area contributed by atoms with Crippen LogP contribution in [-0.2, 0) is 30.7 Å².